The number of anilines is 1. The smallest absolute Gasteiger partial charge is 0.395 e. The van der Waals surface area contributed by atoms with E-state index in [4.69, 9.17) is 16.0 Å². The number of nitrogens with zero attached hydrogens (tertiary/aromatic N) is 2. The Morgan fingerprint density at radius 3 is 2.78 bits per heavy atom. The number of hydrogen-bond acceptors (Lipinski definition) is 6. The van der Waals surface area contributed by atoms with E-state index in [2.05, 4.69) is 10.3 Å². The molecule has 0 aliphatic carbocycles. The minimum Gasteiger partial charge on any atom is -0.395 e. The topological polar surface area (TPSA) is 98.3 Å². The van der Waals surface area contributed by atoms with Gasteiger partial charge in [0.1, 0.15) is 4.92 Å². The van der Waals surface area contributed by atoms with Crippen LogP contribution < -0.4 is 5.32 Å². The van der Waals surface area contributed by atoms with Crippen LogP contribution in [0.2, 0.25) is 5.02 Å². The lowest BCUT2D eigenvalue weighted by molar-refractivity contribution is -0.402. The molecule has 0 bridgehead atoms. The summed E-state index contributed by atoms with van der Waals surface area (Å²) < 4.78 is 4.83. The standard InChI is InChI=1S/C14H8ClN3O4S/c15-9-4-2-1-3-8(9)10-7-23-14(16-10)17-13(19)11-5-6-12(22-11)18(20)21/h1-7H,(H,16,17,19). The molecule has 3 rings (SSSR count). The van der Waals surface area contributed by atoms with Crippen molar-refractivity contribution in [2.45, 2.75) is 0 Å². The molecule has 3 aromatic rings. The molecule has 0 saturated carbocycles. The van der Waals surface area contributed by atoms with Gasteiger partial charge in [0, 0.05) is 16.0 Å². The lowest BCUT2D eigenvalue weighted by Gasteiger charge is -1.99. The van der Waals surface area contributed by atoms with Crippen LogP contribution in [0.1, 0.15) is 10.6 Å². The molecule has 9 heteroatoms. The summed E-state index contributed by atoms with van der Waals surface area (Å²) in [6.07, 6.45) is 0. The molecule has 0 aliphatic heterocycles. The molecule has 1 amide bonds. The van der Waals surface area contributed by atoms with Crippen LogP contribution in [0.25, 0.3) is 11.3 Å². The third-order valence-electron chi connectivity index (χ3n) is 2.87. The van der Waals surface area contributed by atoms with E-state index < -0.39 is 16.7 Å². The summed E-state index contributed by atoms with van der Waals surface area (Å²) in [7, 11) is 0. The number of rotatable bonds is 4. The Morgan fingerprint density at radius 2 is 2.09 bits per heavy atom. The molecule has 0 aliphatic rings. The van der Waals surface area contributed by atoms with Gasteiger partial charge in [0.05, 0.1) is 11.8 Å². The first kappa shape index (κ1) is 15.2. The van der Waals surface area contributed by atoms with Gasteiger partial charge in [-0.15, -0.1) is 11.3 Å². The fourth-order valence-corrected chi connectivity index (χ4v) is 2.77. The second-order valence-electron chi connectivity index (χ2n) is 4.37. The number of carbonyl (C=O) groups is 1. The summed E-state index contributed by atoms with van der Waals surface area (Å²) in [5, 5.41) is 15.7. The van der Waals surface area contributed by atoms with Gasteiger partial charge in [0.25, 0.3) is 5.91 Å². The highest BCUT2D eigenvalue weighted by molar-refractivity contribution is 7.14. The summed E-state index contributed by atoms with van der Waals surface area (Å²) in [5.74, 6) is -1.27. The maximum absolute atomic E-state index is 12.0. The first-order valence-corrected chi connectivity index (χ1v) is 7.56. The van der Waals surface area contributed by atoms with Gasteiger partial charge in [0.2, 0.25) is 0 Å². The molecule has 7 nitrogen and oxygen atoms in total. The van der Waals surface area contributed by atoms with Crippen molar-refractivity contribution >= 4 is 39.9 Å². The van der Waals surface area contributed by atoms with Crippen molar-refractivity contribution in [1.82, 2.24) is 4.98 Å². The number of nitro groups is 1. The lowest BCUT2D eigenvalue weighted by Crippen LogP contribution is -2.10. The van der Waals surface area contributed by atoms with Crippen molar-refractivity contribution in [1.29, 1.82) is 0 Å². The molecule has 0 fully saturated rings. The number of halogens is 1. The highest BCUT2D eigenvalue weighted by atomic mass is 35.5. The van der Waals surface area contributed by atoms with Crippen molar-refractivity contribution in [2.75, 3.05) is 5.32 Å². The van der Waals surface area contributed by atoms with Crippen LogP contribution >= 0.6 is 22.9 Å². The average Bonchev–Trinajstić information content (AvgIpc) is 3.16. The Morgan fingerprint density at radius 1 is 1.30 bits per heavy atom. The first-order valence-electron chi connectivity index (χ1n) is 6.30. The summed E-state index contributed by atoms with van der Waals surface area (Å²) >= 11 is 7.31. The molecule has 0 unspecified atom stereocenters. The van der Waals surface area contributed by atoms with E-state index in [0.29, 0.717) is 15.8 Å². The monoisotopic (exact) mass is 349 g/mol. The molecule has 2 aromatic heterocycles. The zero-order valence-electron chi connectivity index (χ0n) is 11.4. The van der Waals surface area contributed by atoms with Crippen LogP contribution in [-0.4, -0.2) is 15.8 Å². The van der Waals surface area contributed by atoms with Crippen LogP contribution in [0.4, 0.5) is 11.0 Å². The van der Waals surface area contributed by atoms with Gasteiger partial charge in [-0.1, -0.05) is 29.8 Å². The highest BCUT2D eigenvalue weighted by Crippen LogP contribution is 2.30. The van der Waals surface area contributed by atoms with Gasteiger partial charge in [-0.25, -0.2) is 4.98 Å². The van der Waals surface area contributed by atoms with Gasteiger partial charge in [-0.3, -0.25) is 20.2 Å². The number of aromatic nitrogens is 1. The van der Waals surface area contributed by atoms with Gasteiger partial charge in [-0.2, -0.15) is 0 Å². The molecule has 116 valence electrons. The van der Waals surface area contributed by atoms with Gasteiger partial charge in [-0.05, 0) is 12.1 Å². The Bertz CT molecular complexity index is 890. The quantitative estimate of drug-likeness (QED) is 0.561. The van der Waals surface area contributed by atoms with Crippen LogP contribution in [0.3, 0.4) is 0 Å². The van der Waals surface area contributed by atoms with Crippen molar-refractivity contribution in [3.63, 3.8) is 0 Å². The second kappa shape index (κ2) is 6.19. The molecule has 23 heavy (non-hydrogen) atoms. The molecule has 1 aromatic carbocycles. The van der Waals surface area contributed by atoms with Crippen LogP contribution in [0.5, 0.6) is 0 Å². The van der Waals surface area contributed by atoms with E-state index in [1.165, 1.54) is 17.4 Å². The fraction of sp³-hybridized carbons (Fsp3) is 0. The van der Waals surface area contributed by atoms with Crippen molar-refractivity contribution < 1.29 is 14.1 Å². The van der Waals surface area contributed by atoms with E-state index in [1.54, 1.807) is 11.4 Å². The first-order chi connectivity index (χ1) is 11.0. The molecule has 2 heterocycles. The Hall–Kier alpha value is -2.71. The molecular formula is C14H8ClN3O4S. The van der Waals surface area contributed by atoms with Gasteiger partial charge >= 0.3 is 5.88 Å². The van der Waals surface area contributed by atoms with Gasteiger partial charge < -0.3 is 4.42 Å². The predicted molar refractivity (Wildman–Crippen MR) is 85.9 cm³/mol. The van der Waals surface area contributed by atoms with Crippen LogP contribution in [0, 0.1) is 10.1 Å². The minimum absolute atomic E-state index is 0.161. The Kier molecular flexibility index (Phi) is 4.09. The minimum atomic E-state index is -0.713. The number of furan rings is 1. The molecule has 0 spiro atoms. The SMILES string of the molecule is O=C(Nc1nc(-c2ccccc2Cl)cs1)c1ccc([N+](=O)[O-])o1. The van der Waals surface area contributed by atoms with Crippen molar-refractivity contribution in [2.24, 2.45) is 0 Å². The highest BCUT2D eigenvalue weighted by Gasteiger charge is 2.18. The number of thiazole rings is 1. The fourth-order valence-electron chi connectivity index (χ4n) is 1.83. The Labute approximate surface area is 138 Å². The van der Waals surface area contributed by atoms with E-state index >= 15 is 0 Å². The summed E-state index contributed by atoms with van der Waals surface area (Å²) in [6.45, 7) is 0. The molecule has 1 N–H and O–H groups in total. The molecule has 0 saturated heterocycles. The maximum atomic E-state index is 12.0. The third-order valence-corrected chi connectivity index (χ3v) is 3.96. The molecule has 0 radical (unpaired) electrons. The zero-order chi connectivity index (χ0) is 16.4. The van der Waals surface area contributed by atoms with Crippen LogP contribution in [-0.2, 0) is 0 Å². The van der Waals surface area contributed by atoms with E-state index in [0.717, 1.165) is 11.6 Å². The molecule has 0 atom stereocenters. The van der Waals surface area contributed by atoms with Crippen molar-refractivity contribution in [3.05, 3.63) is 62.7 Å². The normalized spacial score (nSPS) is 10.5. The van der Waals surface area contributed by atoms with E-state index in [-0.39, 0.29) is 5.76 Å². The second-order valence-corrected chi connectivity index (χ2v) is 5.63. The third kappa shape index (κ3) is 3.22. The average molecular weight is 350 g/mol. The molecular weight excluding hydrogens is 342 g/mol. The maximum Gasteiger partial charge on any atom is 0.433 e. The summed E-state index contributed by atoms with van der Waals surface area (Å²) in [6, 6.07) is 9.56. The number of hydrogen-bond donors (Lipinski definition) is 1. The van der Waals surface area contributed by atoms with Crippen molar-refractivity contribution in [3.8, 4) is 11.3 Å². The Balaban J connectivity index is 1.77. The number of carbonyl (C=O) groups excluding carboxylic acids is 1. The van der Waals surface area contributed by atoms with Crippen LogP contribution in [0.15, 0.2) is 46.2 Å². The van der Waals surface area contributed by atoms with Gasteiger partial charge in [0.15, 0.2) is 10.9 Å². The zero-order valence-corrected chi connectivity index (χ0v) is 12.9. The predicted octanol–water partition coefficient (Wildman–Crippen LogP) is 4.22. The largest absolute Gasteiger partial charge is 0.433 e. The lowest BCUT2D eigenvalue weighted by atomic mass is 10.2. The van der Waals surface area contributed by atoms with E-state index in [1.807, 2.05) is 18.2 Å². The number of amides is 1. The van der Waals surface area contributed by atoms with E-state index in [9.17, 15) is 14.9 Å². The number of benzene rings is 1. The summed E-state index contributed by atoms with van der Waals surface area (Å²) in [5.41, 5.74) is 1.38. The summed E-state index contributed by atoms with van der Waals surface area (Å²) in [4.78, 5) is 26.1. The number of nitrogens with one attached hydrogen (secondary N) is 1.